The third kappa shape index (κ3) is 3.08. The van der Waals surface area contributed by atoms with Crippen LogP contribution in [0.2, 0.25) is 0 Å². The topological polar surface area (TPSA) is 51.1 Å². The van der Waals surface area contributed by atoms with Crippen molar-refractivity contribution in [2.24, 2.45) is 5.10 Å². The van der Waals surface area contributed by atoms with Crippen molar-refractivity contribution in [3.63, 3.8) is 0 Å². The van der Waals surface area contributed by atoms with E-state index in [1.807, 2.05) is 65.7 Å². The SMILES string of the molecule is COP(=O)(OC)C1=NN(c2ccccc2)CC1c1ccccc1. The molecule has 3 rings (SSSR count). The van der Waals surface area contributed by atoms with E-state index in [1.165, 1.54) is 14.2 Å². The van der Waals surface area contributed by atoms with Gasteiger partial charge in [0.15, 0.2) is 5.45 Å². The largest absolute Gasteiger partial charge is 0.377 e. The number of anilines is 1. The van der Waals surface area contributed by atoms with Crippen molar-refractivity contribution in [3.05, 3.63) is 66.2 Å². The minimum atomic E-state index is -3.40. The lowest BCUT2D eigenvalue weighted by Gasteiger charge is -2.18. The Balaban J connectivity index is 2.03. The molecule has 6 heteroatoms. The van der Waals surface area contributed by atoms with Crippen LogP contribution in [-0.2, 0) is 13.6 Å². The second kappa shape index (κ2) is 6.67. The molecule has 5 nitrogen and oxygen atoms in total. The van der Waals surface area contributed by atoms with Crippen LogP contribution in [0.25, 0.3) is 0 Å². The molecule has 0 amide bonds. The molecule has 0 radical (unpaired) electrons. The zero-order chi connectivity index (χ0) is 16.3. The maximum absolute atomic E-state index is 12.9. The minimum Gasteiger partial charge on any atom is -0.308 e. The lowest BCUT2D eigenvalue weighted by atomic mass is 10.0. The van der Waals surface area contributed by atoms with Gasteiger partial charge in [0.25, 0.3) is 0 Å². The molecule has 2 aromatic carbocycles. The Morgan fingerprint density at radius 3 is 2.13 bits per heavy atom. The predicted octanol–water partition coefficient (Wildman–Crippen LogP) is 4.09. The molecule has 0 aromatic heterocycles. The van der Waals surface area contributed by atoms with Crippen molar-refractivity contribution >= 4 is 18.7 Å². The highest BCUT2D eigenvalue weighted by atomic mass is 31.2. The molecule has 1 heterocycles. The molecule has 0 spiro atoms. The van der Waals surface area contributed by atoms with E-state index < -0.39 is 7.60 Å². The van der Waals surface area contributed by atoms with Crippen LogP contribution in [0.15, 0.2) is 65.8 Å². The van der Waals surface area contributed by atoms with Crippen molar-refractivity contribution in [1.29, 1.82) is 0 Å². The summed E-state index contributed by atoms with van der Waals surface area (Å²) < 4.78 is 23.3. The first kappa shape index (κ1) is 15.9. The molecule has 23 heavy (non-hydrogen) atoms. The van der Waals surface area contributed by atoms with Crippen LogP contribution >= 0.6 is 7.60 Å². The molecular weight excluding hydrogens is 311 g/mol. The Labute approximate surface area is 136 Å². The molecule has 2 aromatic rings. The van der Waals surface area contributed by atoms with Gasteiger partial charge in [-0.2, -0.15) is 5.10 Å². The molecule has 1 aliphatic heterocycles. The summed E-state index contributed by atoms with van der Waals surface area (Å²) in [6.45, 7) is 0.597. The van der Waals surface area contributed by atoms with E-state index in [0.717, 1.165) is 11.3 Å². The lowest BCUT2D eigenvalue weighted by molar-refractivity contribution is 0.289. The van der Waals surface area contributed by atoms with Gasteiger partial charge < -0.3 is 9.05 Å². The van der Waals surface area contributed by atoms with Crippen LogP contribution in [0.3, 0.4) is 0 Å². The second-order valence-corrected chi connectivity index (χ2v) is 7.39. The number of rotatable bonds is 5. The molecule has 120 valence electrons. The van der Waals surface area contributed by atoms with Crippen LogP contribution in [0.4, 0.5) is 5.69 Å². The Morgan fingerprint density at radius 2 is 1.57 bits per heavy atom. The fraction of sp³-hybridized carbons (Fsp3) is 0.235. The average Bonchev–Trinajstić information content (AvgIpc) is 3.08. The van der Waals surface area contributed by atoms with Crippen molar-refractivity contribution < 1.29 is 13.6 Å². The summed E-state index contributed by atoms with van der Waals surface area (Å²) in [5.41, 5.74) is 2.43. The van der Waals surface area contributed by atoms with Gasteiger partial charge in [-0.15, -0.1) is 0 Å². The molecule has 1 aliphatic rings. The molecule has 1 unspecified atom stereocenters. The smallest absolute Gasteiger partial charge is 0.308 e. The first-order chi connectivity index (χ1) is 11.2. The summed E-state index contributed by atoms with van der Waals surface area (Å²) in [5.74, 6) is -0.137. The summed E-state index contributed by atoms with van der Waals surface area (Å²) in [6, 6.07) is 19.7. The molecule has 0 aliphatic carbocycles. The van der Waals surface area contributed by atoms with E-state index in [1.54, 1.807) is 0 Å². The number of hydrogen-bond acceptors (Lipinski definition) is 5. The van der Waals surface area contributed by atoms with Gasteiger partial charge in [-0.05, 0) is 17.7 Å². The molecular formula is C17H19N2O3P. The van der Waals surface area contributed by atoms with E-state index in [-0.39, 0.29) is 5.92 Å². The molecule has 0 saturated heterocycles. The third-order valence-corrected chi connectivity index (χ3v) is 5.83. The van der Waals surface area contributed by atoms with E-state index in [0.29, 0.717) is 12.0 Å². The third-order valence-electron chi connectivity index (χ3n) is 3.91. The van der Waals surface area contributed by atoms with Gasteiger partial charge in [0.05, 0.1) is 18.2 Å². The van der Waals surface area contributed by atoms with Crippen molar-refractivity contribution in [2.75, 3.05) is 25.8 Å². The molecule has 0 saturated carbocycles. The van der Waals surface area contributed by atoms with Crippen LogP contribution in [-0.4, -0.2) is 26.2 Å². The maximum atomic E-state index is 12.9. The van der Waals surface area contributed by atoms with Gasteiger partial charge in [-0.1, -0.05) is 48.5 Å². The zero-order valence-corrected chi connectivity index (χ0v) is 14.0. The highest BCUT2D eigenvalue weighted by Crippen LogP contribution is 2.54. The standard InChI is InChI=1S/C17H19N2O3P/c1-21-23(20,22-2)17-16(14-9-5-3-6-10-14)13-19(18-17)15-11-7-4-8-12-15/h3-12,16H,13H2,1-2H3. The highest BCUT2D eigenvalue weighted by Gasteiger charge is 2.42. The number of hydrazone groups is 1. The molecule has 0 N–H and O–H groups in total. The summed E-state index contributed by atoms with van der Waals surface area (Å²) >= 11 is 0. The van der Waals surface area contributed by atoms with Crippen molar-refractivity contribution in [1.82, 2.24) is 0 Å². The molecule has 0 bridgehead atoms. The Hall–Kier alpha value is -1.94. The summed E-state index contributed by atoms with van der Waals surface area (Å²) in [5, 5.41) is 6.41. The summed E-state index contributed by atoms with van der Waals surface area (Å²) in [4.78, 5) is 0. The van der Waals surface area contributed by atoms with Gasteiger partial charge >= 0.3 is 7.60 Å². The van der Waals surface area contributed by atoms with Crippen molar-refractivity contribution in [3.8, 4) is 0 Å². The Kier molecular flexibility index (Phi) is 4.62. The van der Waals surface area contributed by atoms with Gasteiger partial charge in [-0.3, -0.25) is 9.57 Å². The lowest BCUT2D eigenvalue weighted by Crippen LogP contribution is -2.18. The second-order valence-electron chi connectivity index (χ2n) is 5.20. The van der Waals surface area contributed by atoms with Crippen LogP contribution < -0.4 is 5.01 Å². The fourth-order valence-electron chi connectivity index (χ4n) is 2.70. The van der Waals surface area contributed by atoms with Crippen LogP contribution in [0, 0.1) is 0 Å². The zero-order valence-electron chi connectivity index (χ0n) is 13.1. The van der Waals surface area contributed by atoms with Gasteiger partial charge in [0, 0.05) is 14.2 Å². The molecule has 1 atom stereocenters. The van der Waals surface area contributed by atoms with Crippen LogP contribution in [0.5, 0.6) is 0 Å². The average molecular weight is 330 g/mol. The number of benzene rings is 2. The first-order valence-electron chi connectivity index (χ1n) is 7.36. The minimum absolute atomic E-state index is 0.137. The quantitative estimate of drug-likeness (QED) is 0.775. The number of para-hydroxylation sites is 1. The molecule has 0 fully saturated rings. The normalized spacial score (nSPS) is 18.1. The monoisotopic (exact) mass is 330 g/mol. The van der Waals surface area contributed by atoms with Gasteiger partial charge in [-0.25, -0.2) is 0 Å². The van der Waals surface area contributed by atoms with E-state index in [2.05, 4.69) is 5.10 Å². The maximum Gasteiger partial charge on any atom is 0.377 e. The van der Waals surface area contributed by atoms with Crippen LogP contribution in [0.1, 0.15) is 11.5 Å². The number of hydrogen-bond donors (Lipinski definition) is 0. The summed E-state index contributed by atoms with van der Waals surface area (Å²) in [6.07, 6.45) is 0. The van der Waals surface area contributed by atoms with E-state index in [4.69, 9.17) is 9.05 Å². The van der Waals surface area contributed by atoms with E-state index in [9.17, 15) is 4.57 Å². The Bertz CT molecular complexity index is 726. The predicted molar refractivity (Wildman–Crippen MR) is 92.0 cm³/mol. The number of nitrogens with zero attached hydrogens (tertiary/aromatic N) is 2. The van der Waals surface area contributed by atoms with Crippen molar-refractivity contribution in [2.45, 2.75) is 5.92 Å². The summed E-state index contributed by atoms with van der Waals surface area (Å²) in [7, 11) is -0.622. The van der Waals surface area contributed by atoms with Gasteiger partial charge in [0.1, 0.15) is 0 Å². The Morgan fingerprint density at radius 1 is 1.00 bits per heavy atom. The highest BCUT2D eigenvalue weighted by molar-refractivity contribution is 7.72. The fourth-order valence-corrected chi connectivity index (χ4v) is 4.05. The van der Waals surface area contributed by atoms with E-state index >= 15 is 0 Å². The van der Waals surface area contributed by atoms with Gasteiger partial charge in [0.2, 0.25) is 0 Å². The first-order valence-corrected chi connectivity index (χ1v) is 8.90.